The fourth-order valence-electron chi connectivity index (χ4n) is 3.30. The summed E-state index contributed by atoms with van der Waals surface area (Å²) in [5.41, 5.74) is 1.52. The highest BCUT2D eigenvalue weighted by atomic mass is 35.5. The molecule has 0 aromatic heterocycles. The maximum Gasteiger partial charge on any atom is 0.253 e. The van der Waals surface area contributed by atoms with Crippen LogP contribution in [0.2, 0.25) is 5.02 Å². The summed E-state index contributed by atoms with van der Waals surface area (Å²) in [4.78, 5) is 31.0. The van der Waals surface area contributed by atoms with E-state index in [1.165, 1.54) is 0 Å². The van der Waals surface area contributed by atoms with Crippen molar-refractivity contribution < 1.29 is 9.59 Å². The summed E-state index contributed by atoms with van der Waals surface area (Å²) in [7, 11) is 0. The molecule has 0 spiro atoms. The lowest BCUT2D eigenvalue weighted by molar-refractivity contribution is -0.120. The highest BCUT2D eigenvalue weighted by molar-refractivity contribution is 6.30. The summed E-state index contributed by atoms with van der Waals surface area (Å²) in [5, 5.41) is 0.561. The number of benzene rings is 2. The zero-order chi connectivity index (χ0) is 19.2. The van der Waals surface area contributed by atoms with Crippen LogP contribution in [-0.4, -0.2) is 60.9 Å². The van der Waals surface area contributed by atoms with Crippen LogP contribution >= 0.6 is 11.6 Å². The molecule has 2 aromatic carbocycles. The summed E-state index contributed by atoms with van der Waals surface area (Å²) in [6, 6.07) is 16.7. The Labute approximate surface area is 165 Å². The molecule has 2 amide bonds. The number of carbonyl (C=O) groups excluding carboxylic acids is 2. The Morgan fingerprint density at radius 1 is 1.00 bits per heavy atom. The molecule has 5 nitrogen and oxygen atoms in total. The van der Waals surface area contributed by atoms with E-state index in [0.717, 1.165) is 5.69 Å². The van der Waals surface area contributed by atoms with E-state index in [1.54, 1.807) is 29.2 Å². The maximum atomic E-state index is 12.7. The smallest absolute Gasteiger partial charge is 0.253 e. The first kappa shape index (κ1) is 19.4. The maximum absolute atomic E-state index is 12.7. The molecular weight excluding hydrogens is 362 g/mol. The Balaban J connectivity index is 1.54. The lowest BCUT2D eigenvalue weighted by Crippen LogP contribution is -2.51. The van der Waals surface area contributed by atoms with E-state index in [9.17, 15) is 9.59 Å². The van der Waals surface area contributed by atoms with Crippen molar-refractivity contribution in [2.75, 3.05) is 44.2 Å². The van der Waals surface area contributed by atoms with Gasteiger partial charge in [0.1, 0.15) is 0 Å². The molecule has 0 atom stereocenters. The van der Waals surface area contributed by atoms with Crippen molar-refractivity contribution in [3.05, 3.63) is 65.2 Å². The van der Waals surface area contributed by atoms with Gasteiger partial charge in [-0.05, 0) is 37.3 Å². The largest absolute Gasteiger partial charge is 0.336 e. The van der Waals surface area contributed by atoms with Crippen molar-refractivity contribution in [3.8, 4) is 0 Å². The molecule has 27 heavy (non-hydrogen) atoms. The topological polar surface area (TPSA) is 43.9 Å². The zero-order valence-corrected chi connectivity index (χ0v) is 16.2. The van der Waals surface area contributed by atoms with Crippen LogP contribution in [0, 0.1) is 0 Å². The van der Waals surface area contributed by atoms with E-state index in [4.69, 9.17) is 11.6 Å². The predicted octanol–water partition coefficient (Wildman–Crippen LogP) is 3.15. The van der Waals surface area contributed by atoms with Crippen LogP contribution in [0.25, 0.3) is 0 Å². The number of amides is 2. The highest BCUT2D eigenvalue weighted by Crippen LogP contribution is 2.16. The van der Waals surface area contributed by atoms with Crippen molar-refractivity contribution in [1.82, 2.24) is 9.80 Å². The van der Waals surface area contributed by atoms with Gasteiger partial charge in [-0.25, -0.2) is 0 Å². The van der Waals surface area contributed by atoms with E-state index in [0.29, 0.717) is 49.9 Å². The molecule has 0 bridgehead atoms. The van der Waals surface area contributed by atoms with Gasteiger partial charge in [0.2, 0.25) is 5.91 Å². The third-order valence-electron chi connectivity index (χ3n) is 4.78. The Bertz CT molecular complexity index is 789. The highest BCUT2D eigenvalue weighted by Gasteiger charge is 2.25. The van der Waals surface area contributed by atoms with Crippen LogP contribution in [0.3, 0.4) is 0 Å². The van der Waals surface area contributed by atoms with Crippen LogP contribution in [-0.2, 0) is 4.79 Å². The van der Waals surface area contributed by atoms with Crippen LogP contribution < -0.4 is 4.90 Å². The van der Waals surface area contributed by atoms with E-state index in [2.05, 4.69) is 4.90 Å². The van der Waals surface area contributed by atoms with Gasteiger partial charge in [-0.3, -0.25) is 14.5 Å². The molecule has 0 radical (unpaired) electrons. The summed E-state index contributed by atoms with van der Waals surface area (Å²) < 4.78 is 0. The second-order valence-corrected chi connectivity index (χ2v) is 6.99. The molecular formula is C21H24ClN3O2. The summed E-state index contributed by atoms with van der Waals surface area (Å²) in [6.45, 7) is 5.56. The number of halogens is 1. The average Bonchev–Trinajstić information content (AvgIpc) is 2.69. The minimum Gasteiger partial charge on any atom is -0.336 e. The van der Waals surface area contributed by atoms with Crippen LogP contribution in [0.5, 0.6) is 0 Å². The van der Waals surface area contributed by atoms with Gasteiger partial charge < -0.3 is 9.80 Å². The molecule has 1 fully saturated rings. The molecule has 0 unspecified atom stereocenters. The molecule has 0 aliphatic carbocycles. The van der Waals surface area contributed by atoms with Gasteiger partial charge in [0, 0.05) is 49.0 Å². The van der Waals surface area contributed by atoms with Gasteiger partial charge in [0.05, 0.1) is 6.54 Å². The number of hydrogen-bond donors (Lipinski definition) is 0. The van der Waals surface area contributed by atoms with Crippen molar-refractivity contribution in [3.63, 3.8) is 0 Å². The number of carbonyl (C=O) groups is 2. The number of para-hydroxylation sites is 1. The monoisotopic (exact) mass is 385 g/mol. The fourth-order valence-corrected chi connectivity index (χ4v) is 3.49. The normalized spacial score (nSPS) is 14.8. The molecule has 1 heterocycles. The first-order chi connectivity index (χ1) is 13.1. The molecule has 6 heteroatoms. The fraction of sp³-hybridized carbons (Fsp3) is 0.333. The predicted molar refractivity (Wildman–Crippen MR) is 108 cm³/mol. The second-order valence-electron chi connectivity index (χ2n) is 6.55. The summed E-state index contributed by atoms with van der Waals surface area (Å²) in [5.74, 6) is 0.0706. The minimum absolute atomic E-state index is 0.0112. The standard InChI is InChI=1S/C21H24ClN3O2/c1-2-25(19-9-4-3-5-10-19)20(26)16-23-11-13-24(14-12-23)21(27)17-7-6-8-18(22)15-17/h3-10,15H,2,11-14,16H2,1H3. The van der Waals surface area contributed by atoms with Gasteiger partial charge in [-0.15, -0.1) is 0 Å². The number of anilines is 1. The van der Waals surface area contributed by atoms with Crippen LogP contribution in [0.15, 0.2) is 54.6 Å². The Morgan fingerprint density at radius 3 is 2.33 bits per heavy atom. The zero-order valence-electron chi connectivity index (χ0n) is 15.5. The summed E-state index contributed by atoms with van der Waals surface area (Å²) >= 11 is 5.98. The first-order valence-corrected chi connectivity index (χ1v) is 9.59. The van der Waals surface area contributed by atoms with Crippen molar-refractivity contribution in [1.29, 1.82) is 0 Å². The summed E-state index contributed by atoms with van der Waals surface area (Å²) in [6.07, 6.45) is 0. The minimum atomic E-state index is -0.0112. The number of rotatable bonds is 5. The third kappa shape index (κ3) is 4.87. The molecule has 2 aromatic rings. The molecule has 142 valence electrons. The lowest BCUT2D eigenvalue weighted by atomic mass is 10.2. The van der Waals surface area contributed by atoms with E-state index in [1.807, 2.05) is 42.2 Å². The van der Waals surface area contributed by atoms with E-state index < -0.39 is 0 Å². The van der Waals surface area contributed by atoms with Gasteiger partial charge in [-0.1, -0.05) is 35.9 Å². The average molecular weight is 386 g/mol. The van der Waals surface area contributed by atoms with Gasteiger partial charge in [0.25, 0.3) is 5.91 Å². The number of nitrogens with zero attached hydrogens (tertiary/aromatic N) is 3. The van der Waals surface area contributed by atoms with Gasteiger partial charge in [-0.2, -0.15) is 0 Å². The Kier molecular flexibility index (Phi) is 6.48. The molecule has 1 aliphatic rings. The lowest BCUT2D eigenvalue weighted by Gasteiger charge is -2.35. The van der Waals surface area contributed by atoms with Crippen molar-refractivity contribution in [2.24, 2.45) is 0 Å². The number of hydrogen-bond acceptors (Lipinski definition) is 3. The Hall–Kier alpha value is -2.37. The molecule has 3 rings (SSSR count). The van der Waals surface area contributed by atoms with E-state index in [-0.39, 0.29) is 11.8 Å². The second kappa shape index (κ2) is 9.02. The number of piperazine rings is 1. The molecule has 0 saturated carbocycles. The number of likely N-dealkylation sites (N-methyl/N-ethyl adjacent to an activating group) is 1. The van der Waals surface area contributed by atoms with Crippen molar-refractivity contribution in [2.45, 2.75) is 6.92 Å². The third-order valence-corrected chi connectivity index (χ3v) is 5.01. The van der Waals surface area contributed by atoms with Crippen LogP contribution in [0.4, 0.5) is 5.69 Å². The molecule has 1 aliphatic heterocycles. The molecule has 1 saturated heterocycles. The first-order valence-electron chi connectivity index (χ1n) is 9.21. The molecule has 0 N–H and O–H groups in total. The SMILES string of the molecule is CCN(C(=O)CN1CCN(C(=O)c2cccc(Cl)c2)CC1)c1ccccc1. The Morgan fingerprint density at radius 2 is 1.70 bits per heavy atom. The van der Waals surface area contributed by atoms with Crippen molar-refractivity contribution >= 4 is 29.1 Å². The van der Waals surface area contributed by atoms with E-state index >= 15 is 0 Å². The van der Waals surface area contributed by atoms with Gasteiger partial charge >= 0.3 is 0 Å². The quantitative estimate of drug-likeness (QED) is 0.794. The van der Waals surface area contributed by atoms with Gasteiger partial charge in [0.15, 0.2) is 0 Å². The van der Waals surface area contributed by atoms with Crippen LogP contribution in [0.1, 0.15) is 17.3 Å².